The fourth-order valence-corrected chi connectivity index (χ4v) is 6.57. The van der Waals surface area contributed by atoms with Gasteiger partial charge in [0.1, 0.15) is 5.37 Å². The van der Waals surface area contributed by atoms with E-state index in [-0.39, 0.29) is 29.5 Å². The fourth-order valence-electron chi connectivity index (χ4n) is 3.31. The number of carbonyl (C=O) groups excluding carboxylic acids is 2. The Morgan fingerprint density at radius 1 is 0.938 bits per heavy atom. The number of benzene rings is 2. The van der Waals surface area contributed by atoms with Gasteiger partial charge < -0.3 is 0 Å². The molecule has 3 rings (SSSR count). The second-order valence-corrected chi connectivity index (χ2v) is 11.8. The number of rotatable bonds is 7. The SMILES string of the molecule is CCCC(NS(=O)(=O)c1cccc2c1C(=O)c1cc(S(N)(=O)=O)ccc1C2=O)S(=O)(=O)O. The van der Waals surface area contributed by atoms with E-state index in [1.807, 2.05) is 4.72 Å². The molecular weight excluding hydrogens is 484 g/mol. The van der Waals surface area contributed by atoms with E-state index in [1.165, 1.54) is 12.1 Å². The minimum absolute atomic E-state index is 0.140. The first-order valence-corrected chi connectivity index (χ1v) is 13.6. The van der Waals surface area contributed by atoms with Gasteiger partial charge >= 0.3 is 0 Å². The van der Waals surface area contributed by atoms with Gasteiger partial charge in [0.2, 0.25) is 20.0 Å². The highest BCUT2D eigenvalue weighted by atomic mass is 32.2. The maximum absolute atomic E-state index is 13.2. The smallest absolute Gasteiger partial charge is 0.282 e. The van der Waals surface area contributed by atoms with E-state index in [0.29, 0.717) is 0 Å². The molecule has 172 valence electrons. The molecule has 14 heteroatoms. The van der Waals surface area contributed by atoms with E-state index < -0.39 is 62.5 Å². The molecule has 0 aliphatic heterocycles. The third-order valence-electron chi connectivity index (χ3n) is 4.79. The average Bonchev–Trinajstić information content (AvgIpc) is 2.69. The van der Waals surface area contributed by atoms with Crippen molar-refractivity contribution in [2.24, 2.45) is 5.14 Å². The number of nitrogens with two attached hydrogens (primary N) is 1. The van der Waals surface area contributed by atoms with Gasteiger partial charge in [-0.05, 0) is 30.7 Å². The standard InChI is InChI=1S/C18H18N2O9S3/c1-2-4-15(32(27,28)29)20-31(25,26)14-6-3-5-12-16(14)18(22)13-9-10(30(19,23)24)7-8-11(13)17(12)21/h3,5-9,15,20H,2,4H2,1H3,(H2,19,23,24)(H,27,28,29). The van der Waals surface area contributed by atoms with Crippen molar-refractivity contribution in [1.82, 2.24) is 4.72 Å². The van der Waals surface area contributed by atoms with Crippen LogP contribution in [-0.2, 0) is 30.2 Å². The molecule has 32 heavy (non-hydrogen) atoms. The molecule has 1 unspecified atom stereocenters. The number of nitrogens with one attached hydrogen (secondary N) is 1. The van der Waals surface area contributed by atoms with E-state index in [4.69, 9.17) is 5.14 Å². The van der Waals surface area contributed by atoms with Crippen molar-refractivity contribution in [3.05, 3.63) is 58.7 Å². The highest BCUT2D eigenvalue weighted by molar-refractivity contribution is 7.92. The summed E-state index contributed by atoms with van der Waals surface area (Å²) in [5.41, 5.74) is -1.31. The Labute approximate surface area is 184 Å². The fraction of sp³-hybridized carbons (Fsp3) is 0.222. The van der Waals surface area contributed by atoms with Gasteiger partial charge in [0.05, 0.1) is 15.4 Å². The number of fused-ring (bicyclic) bond motifs is 2. The molecule has 1 aliphatic carbocycles. The summed E-state index contributed by atoms with van der Waals surface area (Å²) in [4.78, 5) is 24.9. The lowest BCUT2D eigenvalue weighted by Gasteiger charge is -2.22. The van der Waals surface area contributed by atoms with Gasteiger partial charge in [-0.25, -0.2) is 22.0 Å². The molecule has 0 aromatic heterocycles. The number of ketones is 2. The minimum Gasteiger partial charge on any atom is -0.289 e. The summed E-state index contributed by atoms with van der Waals surface area (Å²) in [6, 6.07) is 6.44. The zero-order chi connectivity index (χ0) is 24.1. The van der Waals surface area contributed by atoms with E-state index in [0.717, 1.165) is 24.3 Å². The third kappa shape index (κ3) is 4.37. The van der Waals surface area contributed by atoms with Crippen molar-refractivity contribution in [2.45, 2.75) is 34.9 Å². The second kappa shape index (κ2) is 8.13. The van der Waals surface area contributed by atoms with Gasteiger partial charge in [0.25, 0.3) is 10.1 Å². The second-order valence-electron chi connectivity index (χ2n) is 7.00. The van der Waals surface area contributed by atoms with E-state index in [9.17, 15) is 39.4 Å². The summed E-state index contributed by atoms with van der Waals surface area (Å²) >= 11 is 0. The van der Waals surface area contributed by atoms with E-state index in [1.54, 1.807) is 6.92 Å². The highest BCUT2D eigenvalue weighted by Gasteiger charge is 2.37. The summed E-state index contributed by atoms with van der Waals surface area (Å²) in [7, 11) is -13.7. The molecule has 2 aromatic rings. The molecule has 0 saturated heterocycles. The van der Waals surface area contributed by atoms with Crippen molar-refractivity contribution in [2.75, 3.05) is 0 Å². The quantitative estimate of drug-likeness (QED) is 0.383. The van der Waals surface area contributed by atoms with Crippen LogP contribution in [0, 0.1) is 0 Å². The molecule has 4 N–H and O–H groups in total. The van der Waals surface area contributed by atoms with Crippen LogP contribution >= 0.6 is 0 Å². The van der Waals surface area contributed by atoms with E-state index in [2.05, 4.69) is 0 Å². The van der Waals surface area contributed by atoms with Crippen LogP contribution in [0.2, 0.25) is 0 Å². The van der Waals surface area contributed by atoms with Crippen molar-refractivity contribution < 1.29 is 39.4 Å². The Kier molecular flexibility index (Phi) is 6.14. The lowest BCUT2D eigenvalue weighted by molar-refractivity contribution is 0.0976. The molecule has 0 bridgehead atoms. The number of hydrogen-bond acceptors (Lipinski definition) is 8. The zero-order valence-electron chi connectivity index (χ0n) is 16.5. The predicted molar refractivity (Wildman–Crippen MR) is 112 cm³/mol. The summed E-state index contributed by atoms with van der Waals surface area (Å²) in [6.07, 6.45) is -0.0402. The molecule has 0 saturated carbocycles. The van der Waals surface area contributed by atoms with Crippen LogP contribution in [0.5, 0.6) is 0 Å². The van der Waals surface area contributed by atoms with Crippen LogP contribution in [-0.4, -0.2) is 46.7 Å². The summed E-state index contributed by atoms with van der Waals surface area (Å²) in [6.45, 7) is 1.57. The lowest BCUT2D eigenvalue weighted by atomic mass is 9.84. The zero-order valence-corrected chi connectivity index (χ0v) is 18.9. The maximum atomic E-state index is 13.2. The number of hydrogen-bond donors (Lipinski definition) is 3. The Balaban J connectivity index is 2.20. The first-order valence-electron chi connectivity index (χ1n) is 9.06. The summed E-state index contributed by atoms with van der Waals surface area (Å²) < 4.78 is 83.6. The van der Waals surface area contributed by atoms with Crippen LogP contribution in [0.3, 0.4) is 0 Å². The van der Waals surface area contributed by atoms with Crippen LogP contribution in [0.15, 0.2) is 46.2 Å². The van der Waals surface area contributed by atoms with Crippen molar-refractivity contribution in [1.29, 1.82) is 0 Å². The molecule has 11 nitrogen and oxygen atoms in total. The first-order chi connectivity index (χ1) is 14.7. The summed E-state index contributed by atoms with van der Waals surface area (Å²) in [5.74, 6) is -1.69. The molecule has 0 fully saturated rings. The molecule has 0 spiro atoms. The molecule has 1 atom stereocenters. The first kappa shape index (κ1) is 24.2. The van der Waals surface area contributed by atoms with Gasteiger partial charge in [-0.1, -0.05) is 25.5 Å². The van der Waals surface area contributed by atoms with Gasteiger partial charge in [0, 0.05) is 16.7 Å². The predicted octanol–water partition coefficient (Wildman–Crippen LogP) is 0.402. The van der Waals surface area contributed by atoms with Crippen LogP contribution in [0.1, 0.15) is 51.6 Å². The van der Waals surface area contributed by atoms with E-state index >= 15 is 0 Å². The van der Waals surface area contributed by atoms with Gasteiger partial charge in [-0.3, -0.25) is 14.1 Å². The Morgan fingerprint density at radius 3 is 2.16 bits per heavy atom. The van der Waals surface area contributed by atoms with Gasteiger partial charge in [-0.15, -0.1) is 0 Å². The Bertz CT molecular complexity index is 1460. The van der Waals surface area contributed by atoms with Crippen LogP contribution in [0.4, 0.5) is 0 Å². The largest absolute Gasteiger partial charge is 0.289 e. The van der Waals surface area contributed by atoms with Crippen LogP contribution in [0.25, 0.3) is 0 Å². The van der Waals surface area contributed by atoms with Gasteiger partial charge in [0.15, 0.2) is 11.6 Å². The Morgan fingerprint density at radius 2 is 1.59 bits per heavy atom. The molecule has 0 heterocycles. The number of carbonyl (C=O) groups is 2. The average molecular weight is 503 g/mol. The molecule has 1 aliphatic rings. The summed E-state index contributed by atoms with van der Waals surface area (Å²) in [5, 5.41) is 3.21. The van der Waals surface area contributed by atoms with Gasteiger partial charge in [-0.2, -0.15) is 13.1 Å². The maximum Gasteiger partial charge on any atom is 0.282 e. The monoisotopic (exact) mass is 502 g/mol. The molecule has 0 amide bonds. The molecular formula is C18H18N2O9S3. The van der Waals surface area contributed by atoms with Crippen LogP contribution < -0.4 is 9.86 Å². The van der Waals surface area contributed by atoms with Crippen molar-refractivity contribution in [3.63, 3.8) is 0 Å². The molecule has 0 radical (unpaired) electrons. The highest BCUT2D eigenvalue weighted by Crippen LogP contribution is 2.33. The lowest BCUT2D eigenvalue weighted by Crippen LogP contribution is -2.41. The topological polar surface area (TPSA) is 195 Å². The number of primary sulfonamides is 1. The van der Waals surface area contributed by atoms with Crippen molar-refractivity contribution >= 4 is 41.7 Å². The van der Waals surface area contributed by atoms with Crippen molar-refractivity contribution in [3.8, 4) is 0 Å². The minimum atomic E-state index is -4.81. The Hall–Kier alpha value is -2.49. The number of sulfonamides is 2. The third-order valence-corrected chi connectivity index (χ3v) is 8.44. The molecule has 2 aromatic carbocycles. The normalized spacial score (nSPS) is 15.2.